The van der Waals surface area contributed by atoms with Gasteiger partial charge >= 0.3 is 33.6 Å². The summed E-state index contributed by atoms with van der Waals surface area (Å²) in [6.45, 7) is 2.59. The van der Waals surface area contributed by atoms with Crippen molar-refractivity contribution in [3.8, 4) is 0 Å². The number of aliphatic hydroxyl groups excluding tert-OH is 2. The third kappa shape index (κ3) is 71.8. The first kappa shape index (κ1) is 91.7. The summed E-state index contributed by atoms with van der Waals surface area (Å²) in [4.78, 5) is 58.5. The molecule has 0 aliphatic heterocycles. The number of phosphoric ester groups is 2. The largest absolute Gasteiger partial charge is 0.472 e. The van der Waals surface area contributed by atoms with E-state index in [4.69, 9.17) is 32.3 Å². The molecule has 0 aliphatic rings. The minimum atomic E-state index is -4.92. The molecular weight excluding hydrogens is 1240 g/mol. The lowest BCUT2D eigenvalue weighted by molar-refractivity contribution is -0.161. The summed E-state index contributed by atoms with van der Waals surface area (Å²) in [6, 6.07) is 0. The molecule has 0 aliphatic carbocycles. The molecule has 4 N–H and O–H groups in total. The Hall–Kier alpha value is -3.27. The lowest BCUT2D eigenvalue weighted by Crippen LogP contribution is -2.30. The fourth-order valence-corrected chi connectivity index (χ4v) is 11.9. The Bertz CT molecular complexity index is 2070. The Morgan fingerprint density at radius 3 is 0.895 bits per heavy atom. The molecule has 0 rings (SSSR count). The van der Waals surface area contributed by atoms with Gasteiger partial charge in [0.25, 0.3) is 0 Å². The average Bonchev–Trinajstić information content (AvgIpc) is 1.83. The second-order valence-corrected chi connectivity index (χ2v) is 28.3. The Morgan fingerprint density at radius 1 is 0.305 bits per heavy atom. The number of aliphatic hydroxyl groups is 2. The van der Waals surface area contributed by atoms with Crippen molar-refractivity contribution in [2.24, 2.45) is 0 Å². The smallest absolute Gasteiger partial charge is 0.463 e. The van der Waals surface area contributed by atoms with Crippen LogP contribution in [0.2, 0.25) is 0 Å². The lowest BCUT2D eigenvalue weighted by atomic mass is 10.0. The van der Waals surface area contributed by atoms with Crippen molar-refractivity contribution in [1.29, 1.82) is 0 Å². The highest BCUT2D eigenvalue weighted by atomic mass is 31.2. The zero-order valence-corrected chi connectivity index (χ0v) is 61.9. The molecule has 552 valence electrons. The molecule has 0 radical (unpaired) electrons. The maximum absolute atomic E-state index is 12.9. The molecule has 0 heterocycles. The number of ether oxygens (including phenoxy) is 3. The van der Waals surface area contributed by atoms with E-state index < -0.39 is 91.5 Å². The van der Waals surface area contributed by atoms with Gasteiger partial charge < -0.3 is 34.2 Å². The predicted octanol–water partition coefficient (Wildman–Crippen LogP) is 21.7. The highest BCUT2D eigenvalue weighted by Crippen LogP contribution is 2.45. The van der Waals surface area contributed by atoms with E-state index in [1.165, 1.54) is 135 Å². The van der Waals surface area contributed by atoms with Crippen LogP contribution in [0.4, 0.5) is 0 Å². The normalized spacial score (nSPS) is 14.6. The maximum Gasteiger partial charge on any atom is 0.472 e. The minimum absolute atomic E-state index is 0.109. The van der Waals surface area contributed by atoms with Crippen molar-refractivity contribution >= 4 is 33.6 Å². The lowest BCUT2D eigenvalue weighted by Gasteiger charge is -2.21. The zero-order chi connectivity index (χ0) is 69.5. The van der Waals surface area contributed by atoms with E-state index >= 15 is 0 Å². The summed E-state index contributed by atoms with van der Waals surface area (Å²) in [6.07, 6.45) is 77.7. The summed E-state index contributed by atoms with van der Waals surface area (Å²) in [5, 5.41) is 20.6. The van der Waals surface area contributed by atoms with Crippen molar-refractivity contribution in [2.75, 3.05) is 39.6 Å². The topological polar surface area (TPSA) is 231 Å². The highest BCUT2D eigenvalue weighted by Gasteiger charge is 2.29. The molecule has 0 amide bonds. The van der Waals surface area contributed by atoms with Gasteiger partial charge in [0, 0.05) is 19.3 Å². The SMILES string of the molecule is CC/C=C\C/C=C\C/C=C\C/C=C\C/C=C\C/C=C\CCCCCCCCCCCCC(=O)OCC(O)COP(=O)(O)OCC(O)COP(=O)(O)OCC(COC(=O)CCCCCCC/C=C\CCCCCCCC)OC(=O)CCCCCCCCCCCCCCCCC. The first-order chi connectivity index (χ1) is 46.2. The molecule has 18 heteroatoms. The molecular formula is C77H138O16P2. The van der Waals surface area contributed by atoms with E-state index in [1.54, 1.807) is 0 Å². The van der Waals surface area contributed by atoms with Crippen molar-refractivity contribution in [3.63, 3.8) is 0 Å². The molecule has 0 aromatic carbocycles. The number of phosphoric acid groups is 2. The Balaban J connectivity index is 4.48. The number of hydrogen-bond acceptors (Lipinski definition) is 14. The quantitative estimate of drug-likeness (QED) is 0.0146. The minimum Gasteiger partial charge on any atom is -0.463 e. The van der Waals surface area contributed by atoms with E-state index in [0.29, 0.717) is 19.3 Å². The second kappa shape index (κ2) is 70.6. The summed E-state index contributed by atoms with van der Waals surface area (Å²) < 4.78 is 61.0. The van der Waals surface area contributed by atoms with Gasteiger partial charge in [-0.25, -0.2) is 9.13 Å². The van der Waals surface area contributed by atoms with Gasteiger partial charge in [-0.05, 0) is 96.3 Å². The van der Waals surface area contributed by atoms with E-state index in [9.17, 15) is 43.5 Å². The van der Waals surface area contributed by atoms with Crippen LogP contribution in [0.1, 0.15) is 329 Å². The van der Waals surface area contributed by atoms with Gasteiger partial charge in [-0.2, -0.15) is 0 Å². The molecule has 0 aromatic heterocycles. The average molecular weight is 1380 g/mol. The van der Waals surface area contributed by atoms with Gasteiger partial charge in [-0.15, -0.1) is 0 Å². The standard InChI is InChI=1S/C77H138O16P2/c1-4-7-10-13-16-19-22-25-28-29-30-31-32-33-34-35-36-37-38-39-40-41-44-46-48-51-54-57-60-63-75(80)87-66-72(78)67-89-94(83,84)90-68-73(79)69-91-95(85,86)92-71-74(93-77(82)65-62-59-56-53-50-47-43-27-24-21-18-15-12-9-6-3)70-88-76(81)64-61-58-55-52-49-45-42-26-23-20-17-14-11-8-5-2/h7,10,16,19,25-26,28,30-31,33-34,36-37,42,72-74,78-79H,4-6,8-9,11-15,17-18,20-24,27,29,32,35,38-41,43-71H2,1-3H3,(H,83,84)(H,85,86)/b10-7-,19-16-,28-25-,31-30-,34-33-,37-36-,42-26-. The van der Waals surface area contributed by atoms with Crippen LogP contribution >= 0.6 is 15.6 Å². The van der Waals surface area contributed by atoms with E-state index in [2.05, 4.69) is 106 Å². The summed E-state index contributed by atoms with van der Waals surface area (Å²) in [5.41, 5.74) is 0. The van der Waals surface area contributed by atoms with Crippen molar-refractivity contribution in [1.82, 2.24) is 0 Å². The van der Waals surface area contributed by atoms with Gasteiger partial charge in [-0.3, -0.25) is 32.5 Å². The molecule has 5 atom stereocenters. The number of hydrogen-bond donors (Lipinski definition) is 4. The number of unbranched alkanes of at least 4 members (excludes halogenated alkanes) is 35. The highest BCUT2D eigenvalue weighted by molar-refractivity contribution is 7.47. The van der Waals surface area contributed by atoms with Crippen molar-refractivity contribution in [2.45, 2.75) is 347 Å². The summed E-state index contributed by atoms with van der Waals surface area (Å²) >= 11 is 0. The van der Waals surface area contributed by atoms with Crippen LogP contribution in [0.5, 0.6) is 0 Å². The molecule has 0 aromatic rings. The van der Waals surface area contributed by atoms with E-state index in [-0.39, 0.29) is 19.3 Å². The van der Waals surface area contributed by atoms with Crippen LogP contribution < -0.4 is 0 Å². The van der Waals surface area contributed by atoms with Crippen molar-refractivity contribution < 1.29 is 75.8 Å². The van der Waals surface area contributed by atoms with E-state index in [0.717, 1.165) is 135 Å². The van der Waals surface area contributed by atoms with E-state index in [1.807, 2.05) is 0 Å². The summed E-state index contributed by atoms with van der Waals surface area (Å²) in [7, 11) is -9.77. The van der Waals surface area contributed by atoms with Gasteiger partial charge in [0.15, 0.2) is 6.10 Å². The van der Waals surface area contributed by atoms with Gasteiger partial charge in [0.05, 0.1) is 26.4 Å². The number of esters is 3. The number of carbonyl (C=O) groups excluding carboxylic acids is 3. The number of rotatable bonds is 72. The molecule has 0 bridgehead atoms. The third-order valence-corrected chi connectivity index (χ3v) is 18.0. The van der Waals surface area contributed by atoms with Crippen LogP contribution in [0.3, 0.4) is 0 Å². The molecule has 95 heavy (non-hydrogen) atoms. The zero-order valence-electron chi connectivity index (χ0n) is 60.1. The first-order valence-electron chi connectivity index (χ1n) is 37.9. The summed E-state index contributed by atoms with van der Waals surface area (Å²) in [5.74, 6) is -1.57. The van der Waals surface area contributed by atoms with Crippen LogP contribution in [-0.2, 0) is 55.8 Å². The molecule has 5 unspecified atom stereocenters. The Morgan fingerprint density at radius 2 is 0.558 bits per heavy atom. The number of carbonyl (C=O) groups is 3. The fraction of sp³-hybridized carbons (Fsp3) is 0.779. The monoisotopic (exact) mass is 1380 g/mol. The van der Waals surface area contributed by atoms with Gasteiger partial charge in [0.1, 0.15) is 25.4 Å². The van der Waals surface area contributed by atoms with Gasteiger partial charge in [-0.1, -0.05) is 298 Å². The van der Waals surface area contributed by atoms with Crippen LogP contribution in [0.25, 0.3) is 0 Å². The second-order valence-electron chi connectivity index (χ2n) is 25.4. The molecule has 0 fully saturated rings. The number of allylic oxidation sites excluding steroid dienone is 14. The van der Waals surface area contributed by atoms with Crippen molar-refractivity contribution in [3.05, 3.63) is 85.1 Å². The third-order valence-electron chi connectivity index (χ3n) is 16.1. The maximum atomic E-state index is 12.9. The van der Waals surface area contributed by atoms with Gasteiger partial charge in [0.2, 0.25) is 0 Å². The Labute approximate surface area is 578 Å². The van der Waals surface area contributed by atoms with Crippen LogP contribution in [0.15, 0.2) is 85.1 Å². The Kier molecular flexibility index (Phi) is 68.2. The first-order valence-corrected chi connectivity index (χ1v) is 40.9. The molecule has 0 saturated heterocycles. The molecule has 16 nitrogen and oxygen atoms in total. The fourth-order valence-electron chi connectivity index (χ4n) is 10.3. The predicted molar refractivity (Wildman–Crippen MR) is 390 cm³/mol. The molecule has 0 saturated carbocycles. The van der Waals surface area contributed by atoms with Crippen LogP contribution in [0, 0.1) is 0 Å². The molecule has 0 spiro atoms. The van der Waals surface area contributed by atoms with Crippen LogP contribution in [-0.4, -0.2) is 95.9 Å².